The van der Waals surface area contributed by atoms with Crippen LogP contribution in [0.25, 0.3) is 0 Å². The molecule has 32 heavy (non-hydrogen) atoms. The lowest BCUT2D eigenvalue weighted by molar-refractivity contribution is -0.123. The van der Waals surface area contributed by atoms with Crippen molar-refractivity contribution in [2.24, 2.45) is 0 Å². The summed E-state index contributed by atoms with van der Waals surface area (Å²) in [5.41, 5.74) is 6.49. The summed E-state index contributed by atoms with van der Waals surface area (Å²) in [6, 6.07) is 12.6. The van der Waals surface area contributed by atoms with Crippen LogP contribution in [-0.4, -0.2) is 30.1 Å². The van der Waals surface area contributed by atoms with Crippen LogP contribution in [0.3, 0.4) is 0 Å². The van der Waals surface area contributed by atoms with Crippen molar-refractivity contribution in [1.29, 1.82) is 0 Å². The molecular formula is C23H28BrN3O4S. The highest BCUT2D eigenvalue weighted by atomic mass is 79.9. The van der Waals surface area contributed by atoms with Gasteiger partial charge in [0.05, 0.1) is 11.1 Å². The SMILES string of the molecule is CCCOc1ccc(C(=O)NC(=S)NNC(=O)COc2ccc(C(C)CC)cc2)cc1Br. The number of thiocarbonyl (C=S) groups is 1. The topological polar surface area (TPSA) is 88.7 Å². The number of nitrogens with one attached hydrogen (secondary N) is 3. The standard InChI is InChI=1S/C23H28BrN3O4S/c1-4-12-30-20-11-8-17(13-19(20)24)22(29)25-23(32)27-26-21(28)14-31-18-9-6-16(7-10-18)15(3)5-2/h6-11,13,15H,4-5,12,14H2,1-3H3,(H,26,28)(H2,25,27,29,32). The highest BCUT2D eigenvalue weighted by Gasteiger charge is 2.12. The molecule has 3 N–H and O–H groups in total. The van der Waals surface area contributed by atoms with Crippen molar-refractivity contribution in [3.05, 3.63) is 58.1 Å². The molecule has 0 aromatic heterocycles. The number of benzene rings is 2. The van der Waals surface area contributed by atoms with E-state index in [-0.39, 0.29) is 11.7 Å². The van der Waals surface area contributed by atoms with Gasteiger partial charge in [-0.1, -0.05) is 32.9 Å². The molecule has 0 radical (unpaired) electrons. The molecule has 2 aromatic carbocycles. The van der Waals surface area contributed by atoms with Gasteiger partial charge < -0.3 is 9.47 Å². The predicted octanol–water partition coefficient (Wildman–Crippen LogP) is 4.47. The maximum absolute atomic E-state index is 12.3. The van der Waals surface area contributed by atoms with Crippen molar-refractivity contribution in [3.8, 4) is 11.5 Å². The van der Waals surface area contributed by atoms with E-state index < -0.39 is 11.8 Å². The van der Waals surface area contributed by atoms with Crippen LogP contribution in [0, 0.1) is 0 Å². The van der Waals surface area contributed by atoms with Crippen molar-refractivity contribution in [3.63, 3.8) is 0 Å². The number of halogens is 1. The number of hydrazine groups is 1. The van der Waals surface area contributed by atoms with Gasteiger partial charge in [-0.15, -0.1) is 0 Å². The van der Waals surface area contributed by atoms with E-state index >= 15 is 0 Å². The minimum absolute atomic E-state index is 0.0383. The summed E-state index contributed by atoms with van der Waals surface area (Å²) in [4.78, 5) is 24.3. The van der Waals surface area contributed by atoms with Crippen molar-refractivity contribution in [1.82, 2.24) is 16.2 Å². The van der Waals surface area contributed by atoms with Gasteiger partial charge in [-0.3, -0.25) is 25.8 Å². The lowest BCUT2D eigenvalue weighted by atomic mass is 9.99. The normalized spacial score (nSPS) is 11.2. The fourth-order valence-corrected chi connectivity index (χ4v) is 3.25. The summed E-state index contributed by atoms with van der Waals surface area (Å²) in [6.45, 7) is 6.70. The van der Waals surface area contributed by atoms with E-state index in [1.807, 2.05) is 31.2 Å². The molecule has 0 bridgehead atoms. The van der Waals surface area contributed by atoms with E-state index in [1.165, 1.54) is 5.56 Å². The van der Waals surface area contributed by atoms with Gasteiger partial charge in [0.25, 0.3) is 11.8 Å². The maximum atomic E-state index is 12.3. The van der Waals surface area contributed by atoms with Crippen LogP contribution in [0.5, 0.6) is 11.5 Å². The second-order valence-electron chi connectivity index (χ2n) is 7.12. The van der Waals surface area contributed by atoms with E-state index in [9.17, 15) is 9.59 Å². The zero-order valence-corrected chi connectivity index (χ0v) is 20.8. The van der Waals surface area contributed by atoms with Gasteiger partial charge in [0, 0.05) is 5.56 Å². The number of rotatable bonds is 9. The van der Waals surface area contributed by atoms with Crippen molar-refractivity contribution >= 4 is 45.1 Å². The Labute approximate surface area is 202 Å². The Morgan fingerprint density at radius 2 is 1.78 bits per heavy atom. The molecule has 2 aromatic rings. The number of hydrogen-bond acceptors (Lipinski definition) is 5. The summed E-state index contributed by atoms with van der Waals surface area (Å²) in [5.74, 6) is 0.872. The summed E-state index contributed by atoms with van der Waals surface area (Å²) in [7, 11) is 0. The first-order chi connectivity index (χ1) is 15.3. The Morgan fingerprint density at radius 3 is 2.41 bits per heavy atom. The molecule has 0 spiro atoms. The maximum Gasteiger partial charge on any atom is 0.276 e. The molecule has 0 aliphatic rings. The molecule has 0 heterocycles. The fourth-order valence-electron chi connectivity index (χ4n) is 2.62. The second-order valence-corrected chi connectivity index (χ2v) is 8.38. The van der Waals surface area contributed by atoms with E-state index in [0.717, 1.165) is 12.8 Å². The Morgan fingerprint density at radius 1 is 1.06 bits per heavy atom. The summed E-state index contributed by atoms with van der Waals surface area (Å²) < 4.78 is 11.7. The fraction of sp³-hybridized carbons (Fsp3) is 0.348. The van der Waals surface area contributed by atoms with Crippen LogP contribution >= 0.6 is 28.1 Å². The minimum Gasteiger partial charge on any atom is -0.492 e. The third-order valence-electron chi connectivity index (χ3n) is 4.63. The van der Waals surface area contributed by atoms with Crippen LogP contribution in [-0.2, 0) is 4.79 Å². The number of hydrogen-bond donors (Lipinski definition) is 3. The summed E-state index contributed by atoms with van der Waals surface area (Å²) in [6.07, 6.45) is 1.94. The third-order valence-corrected chi connectivity index (χ3v) is 5.45. The van der Waals surface area contributed by atoms with E-state index in [1.54, 1.807) is 18.2 Å². The molecule has 1 unspecified atom stereocenters. The quantitative estimate of drug-likeness (QED) is 0.333. The molecule has 0 aliphatic carbocycles. The Bertz CT molecular complexity index is 937. The number of carbonyl (C=O) groups is 2. The molecule has 0 saturated heterocycles. The zero-order valence-electron chi connectivity index (χ0n) is 18.4. The third kappa shape index (κ3) is 8.12. The lowest BCUT2D eigenvalue weighted by Crippen LogP contribution is -2.49. The largest absolute Gasteiger partial charge is 0.492 e. The minimum atomic E-state index is -0.437. The molecule has 0 fully saturated rings. The van der Waals surface area contributed by atoms with Crippen molar-refractivity contribution in [2.75, 3.05) is 13.2 Å². The van der Waals surface area contributed by atoms with Gasteiger partial charge in [-0.25, -0.2) is 0 Å². The molecular weight excluding hydrogens is 494 g/mol. The Hall–Kier alpha value is -2.65. The molecule has 0 aliphatic heterocycles. The van der Waals surface area contributed by atoms with Crippen LogP contribution in [0.2, 0.25) is 0 Å². The van der Waals surface area contributed by atoms with Gasteiger partial charge in [-0.05, 0) is 82.8 Å². The summed E-state index contributed by atoms with van der Waals surface area (Å²) >= 11 is 8.45. The molecule has 2 rings (SSSR count). The van der Waals surface area contributed by atoms with E-state index in [4.69, 9.17) is 21.7 Å². The molecule has 7 nitrogen and oxygen atoms in total. The Kier molecular flexibility index (Phi) is 10.4. The molecule has 9 heteroatoms. The van der Waals surface area contributed by atoms with Gasteiger partial charge in [0.15, 0.2) is 11.7 Å². The van der Waals surface area contributed by atoms with E-state index in [2.05, 4.69) is 45.9 Å². The average molecular weight is 522 g/mol. The predicted molar refractivity (Wildman–Crippen MR) is 132 cm³/mol. The molecule has 172 valence electrons. The van der Waals surface area contributed by atoms with Crippen molar-refractivity contribution in [2.45, 2.75) is 39.5 Å². The molecule has 2 amide bonds. The first-order valence-corrected chi connectivity index (χ1v) is 11.6. The monoisotopic (exact) mass is 521 g/mol. The number of carbonyl (C=O) groups excluding carboxylic acids is 2. The smallest absolute Gasteiger partial charge is 0.276 e. The Balaban J connectivity index is 1.75. The molecule has 0 saturated carbocycles. The van der Waals surface area contributed by atoms with Gasteiger partial charge in [0.2, 0.25) is 0 Å². The average Bonchev–Trinajstić information content (AvgIpc) is 2.80. The van der Waals surface area contributed by atoms with Crippen LogP contribution in [0.4, 0.5) is 0 Å². The van der Waals surface area contributed by atoms with Crippen LogP contribution in [0.15, 0.2) is 46.9 Å². The first kappa shape index (κ1) is 25.6. The van der Waals surface area contributed by atoms with Gasteiger partial charge >= 0.3 is 0 Å². The lowest BCUT2D eigenvalue weighted by Gasteiger charge is -2.13. The van der Waals surface area contributed by atoms with E-state index in [0.29, 0.717) is 34.1 Å². The number of ether oxygens (including phenoxy) is 2. The zero-order chi connectivity index (χ0) is 23.5. The summed E-state index contributed by atoms with van der Waals surface area (Å²) in [5, 5.41) is 2.46. The van der Waals surface area contributed by atoms with Gasteiger partial charge in [-0.2, -0.15) is 0 Å². The first-order valence-electron chi connectivity index (χ1n) is 10.4. The van der Waals surface area contributed by atoms with Crippen LogP contribution in [0.1, 0.15) is 55.5 Å². The van der Waals surface area contributed by atoms with Gasteiger partial charge in [0.1, 0.15) is 11.5 Å². The second kappa shape index (κ2) is 13.0. The van der Waals surface area contributed by atoms with Crippen LogP contribution < -0.4 is 25.6 Å². The highest BCUT2D eigenvalue weighted by Crippen LogP contribution is 2.26. The highest BCUT2D eigenvalue weighted by molar-refractivity contribution is 9.10. The molecule has 1 atom stereocenters. The number of amides is 2. The van der Waals surface area contributed by atoms with Crippen molar-refractivity contribution < 1.29 is 19.1 Å².